The van der Waals surface area contributed by atoms with E-state index in [0.717, 1.165) is 5.56 Å². The van der Waals surface area contributed by atoms with Gasteiger partial charge in [-0.2, -0.15) is 0 Å². The normalized spacial score (nSPS) is 11.1. The molecule has 0 heterocycles. The van der Waals surface area contributed by atoms with Crippen molar-refractivity contribution in [2.75, 3.05) is 19.4 Å². The first-order valence-corrected chi connectivity index (χ1v) is 12.0. The van der Waals surface area contributed by atoms with Crippen LogP contribution in [-0.2, 0) is 16.4 Å². The zero-order valence-corrected chi connectivity index (χ0v) is 19.2. The van der Waals surface area contributed by atoms with Gasteiger partial charge in [0.25, 0.3) is 5.91 Å². The van der Waals surface area contributed by atoms with Gasteiger partial charge in [0.15, 0.2) is 21.3 Å². The van der Waals surface area contributed by atoms with Gasteiger partial charge in [0, 0.05) is 17.1 Å². The highest BCUT2D eigenvalue weighted by Gasteiger charge is 2.15. The number of rotatable bonds is 10. The summed E-state index contributed by atoms with van der Waals surface area (Å²) in [5, 5.41) is 3.40. The molecule has 1 N–H and O–H groups in total. The van der Waals surface area contributed by atoms with Gasteiger partial charge in [-0.15, -0.1) is 0 Å². The summed E-state index contributed by atoms with van der Waals surface area (Å²) in [6, 6.07) is 20.5. The third-order valence-corrected chi connectivity index (χ3v) is 6.78. The molecule has 0 fully saturated rings. The molecule has 0 radical (unpaired) electrons. The predicted octanol–water partition coefficient (Wildman–Crippen LogP) is 4.52. The quantitative estimate of drug-likeness (QED) is 0.438. The van der Waals surface area contributed by atoms with Crippen LogP contribution in [0, 0.1) is 0 Å². The first-order valence-electron chi connectivity index (χ1n) is 10.0. The highest BCUT2D eigenvalue weighted by Crippen LogP contribution is 2.29. The Labute approximate surface area is 193 Å². The van der Waals surface area contributed by atoms with E-state index in [2.05, 4.69) is 5.32 Å². The second-order valence-electron chi connectivity index (χ2n) is 7.02. The molecule has 3 aromatic carbocycles. The number of methoxy groups -OCH3 is 1. The van der Waals surface area contributed by atoms with Crippen molar-refractivity contribution in [2.24, 2.45) is 0 Å². The Bertz CT molecular complexity index is 1150. The number of ether oxygens (including phenoxy) is 2. The molecule has 0 saturated heterocycles. The number of nitrogens with one attached hydrogen (secondary N) is 1. The molecule has 0 unspecified atom stereocenters. The lowest BCUT2D eigenvalue weighted by molar-refractivity contribution is 0.0953. The molecule has 8 heteroatoms. The molecule has 6 nitrogen and oxygen atoms in total. The Morgan fingerprint density at radius 2 is 1.69 bits per heavy atom. The van der Waals surface area contributed by atoms with Crippen LogP contribution in [0.4, 0.5) is 0 Å². The molecule has 1 amide bonds. The number of amides is 1. The Hall–Kier alpha value is -3.03. The number of carbonyl (C=O) groups is 1. The molecule has 0 saturated carbocycles. The molecule has 0 aliphatic carbocycles. The van der Waals surface area contributed by atoms with Crippen molar-refractivity contribution in [1.82, 2.24) is 5.32 Å². The molecule has 32 heavy (non-hydrogen) atoms. The van der Waals surface area contributed by atoms with E-state index < -0.39 is 9.84 Å². The molecule has 3 aromatic rings. The number of benzene rings is 3. The smallest absolute Gasteiger partial charge is 0.251 e. The molecule has 168 valence electrons. The largest absolute Gasteiger partial charge is 0.493 e. The minimum atomic E-state index is -3.37. The van der Waals surface area contributed by atoms with Crippen LogP contribution < -0.4 is 14.8 Å². The summed E-state index contributed by atoms with van der Waals surface area (Å²) >= 11 is 5.89. The van der Waals surface area contributed by atoms with E-state index in [1.165, 1.54) is 7.11 Å². The van der Waals surface area contributed by atoms with E-state index >= 15 is 0 Å². The molecule has 0 aliphatic rings. The summed E-state index contributed by atoms with van der Waals surface area (Å²) in [6.07, 6.45) is 0.308. The maximum atomic E-state index is 12.5. The zero-order valence-electron chi connectivity index (χ0n) is 17.6. The second-order valence-corrected chi connectivity index (χ2v) is 9.57. The van der Waals surface area contributed by atoms with Crippen LogP contribution in [0.25, 0.3) is 0 Å². The van der Waals surface area contributed by atoms with Crippen LogP contribution in [0.3, 0.4) is 0 Å². The van der Waals surface area contributed by atoms with Gasteiger partial charge in [-0.25, -0.2) is 8.42 Å². The minimum Gasteiger partial charge on any atom is -0.493 e. The highest BCUT2D eigenvalue weighted by molar-refractivity contribution is 7.91. The molecule has 0 aromatic heterocycles. The van der Waals surface area contributed by atoms with Gasteiger partial charge in [-0.3, -0.25) is 4.79 Å². The van der Waals surface area contributed by atoms with Crippen LogP contribution in [-0.4, -0.2) is 33.7 Å². The Morgan fingerprint density at radius 3 is 2.38 bits per heavy atom. The Kier molecular flexibility index (Phi) is 8.14. The summed E-state index contributed by atoms with van der Waals surface area (Å²) in [6.45, 7) is 0.566. The number of carbonyl (C=O) groups excluding carboxylic acids is 1. The van der Waals surface area contributed by atoms with Gasteiger partial charge in [-0.1, -0.05) is 41.9 Å². The number of sulfone groups is 1. The van der Waals surface area contributed by atoms with Gasteiger partial charge in [-0.05, 0) is 54.4 Å². The first-order chi connectivity index (χ1) is 15.4. The van der Waals surface area contributed by atoms with Crippen molar-refractivity contribution in [3.05, 3.63) is 88.9 Å². The van der Waals surface area contributed by atoms with E-state index in [0.29, 0.717) is 35.1 Å². The van der Waals surface area contributed by atoms with E-state index in [9.17, 15) is 13.2 Å². The van der Waals surface area contributed by atoms with Crippen molar-refractivity contribution >= 4 is 27.3 Å². The van der Waals surface area contributed by atoms with E-state index in [4.69, 9.17) is 21.1 Å². The summed E-state index contributed by atoms with van der Waals surface area (Å²) in [5.74, 6) is 0.578. The summed E-state index contributed by atoms with van der Waals surface area (Å²) in [7, 11) is -1.87. The summed E-state index contributed by atoms with van der Waals surface area (Å²) in [5.41, 5.74) is 1.34. The molecule has 0 bridgehead atoms. The Morgan fingerprint density at radius 1 is 0.969 bits per heavy atom. The lowest BCUT2D eigenvalue weighted by Gasteiger charge is -2.12. The zero-order chi connectivity index (χ0) is 23.0. The molecule has 0 atom stereocenters. The molecule has 0 spiro atoms. The van der Waals surface area contributed by atoms with Gasteiger partial charge in [0.1, 0.15) is 6.61 Å². The van der Waals surface area contributed by atoms with Crippen LogP contribution in [0.2, 0.25) is 5.02 Å². The SMILES string of the molecule is COc1cc(C(=O)NCCCS(=O)(=O)c2ccccc2)ccc1OCc1ccc(Cl)cc1. The van der Waals surface area contributed by atoms with Gasteiger partial charge >= 0.3 is 0 Å². The maximum Gasteiger partial charge on any atom is 0.251 e. The van der Waals surface area contributed by atoms with Crippen LogP contribution in [0.5, 0.6) is 11.5 Å². The minimum absolute atomic E-state index is 0.0436. The molecular weight excluding hydrogens is 450 g/mol. The average Bonchev–Trinajstić information content (AvgIpc) is 2.82. The fourth-order valence-electron chi connectivity index (χ4n) is 2.98. The molecule has 3 rings (SSSR count). The Balaban J connectivity index is 1.53. The summed E-state index contributed by atoms with van der Waals surface area (Å²) in [4.78, 5) is 12.7. The topological polar surface area (TPSA) is 81.7 Å². The second kappa shape index (κ2) is 11.0. The molecule has 0 aliphatic heterocycles. The predicted molar refractivity (Wildman–Crippen MR) is 124 cm³/mol. The molecular formula is C24H24ClNO5S. The van der Waals surface area contributed by atoms with Crippen molar-refractivity contribution in [2.45, 2.75) is 17.9 Å². The van der Waals surface area contributed by atoms with Crippen molar-refractivity contribution in [1.29, 1.82) is 0 Å². The van der Waals surface area contributed by atoms with Crippen molar-refractivity contribution in [3.8, 4) is 11.5 Å². The van der Waals surface area contributed by atoms with Crippen molar-refractivity contribution in [3.63, 3.8) is 0 Å². The number of halogens is 1. The van der Waals surface area contributed by atoms with E-state index in [1.54, 1.807) is 60.7 Å². The monoisotopic (exact) mass is 473 g/mol. The van der Waals surface area contributed by atoms with E-state index in [-0.39, 0.29) is 23.1 Å². The first kappa shape index (κ1) is 23.6. The van der Waals surface area contributed by atoms with Crippen LogP contribution >= 0.6 is 11.6 Å². The van der Waals surface area contributed by atoms with Gasteiger partial charge in [0.2, 0.25) is 0 Å². The average molecular weight is 474 g/mol. The standard InChI is InChI=1S/C24H24ClNO5S/c1-30-23-16-19(10-13-22(23)31-17-18-8-11-20(25)12-9-18)24(27)26-14-5-15-32(28,29)21-6-3-2-4-7-21/h2-4,6-13,16H,5,14-15,17H2,1H3,(H,26,27). The lowest BCUT2D eigenvalue weighted by Crippen LogP contribution is -2.26. The number of hydrogen-bond donors (Lipinski definition) is 1. The summed E-state index contributed by atoms with van der Waals surface area (Å²) < 4.78 is 35.8. The third kappa shape index (κ3) is 6.48. The van der Waals surface area contributed by atoms with Gasteiger partial charge in [0.05, 0.1) is 17.8 Å². The maximum absolute atomic E-state index is 12.5. The number of hydrogen-bond acceptors (Lipinski definition) is 5. The van der Waals surface area contributed by atoms with Gasteiger partial charge < -0.3 is 14.8 Å². The fraction of sp³-hybridized carbons (Fsp3) is 0.208. The van der Waals surface area contributed by atoms with Crippen LogP contribution in [0.15, 0.2) is 77.7 Å². The third-order valence-electron chi connectivity index (χ3n) is 4.71. The highest BCUT2D eigenvalue weighted by atomic mass is 35.5. The fourth-order valence-corrected chi connectivity index (χ4v) is 4.44. The van der Waals surface area contributed by atoms with Crippen molar-refractivity contribution < 1.29 is 22.7 Å². The van der Waals surface area contributed by atoms with Crippen LogP contribution in [0.1, 0.15) is 22.3 Å². The van der Waals surface area contributed by atoms with E-state index in [1.807, 2.05) is 12.1 Å². The lowest BCUT2D eigenvalue weighted by atomic mass is 10.2.